The molecule has 10 aliphatic rings. The van der Waals surface area contributed by atoms with Gasteiger partial charge in [0.05, 0.1) is 25.4 Å². The average molecular weight is 1170 g/mol. The highest BCUT2D eigenvalue weighted by Gasteiger charge is 2.50. The van der Waals surface area contributed by atoms with Crippen LogP contribution in [0.5, 0.6) is 0 Å². The maximum Gasteiger partial charge on any atom is 0.308 e. The molecule has 0 radical (unpaired) electrons. The third kappa shape index (κ3) is 29.6. The fraction of sp³-hybridized carbons (Fsp3) is 0.821. The lowest BCUT2D eigenvalue weighted by Crippen LogP contribution is -2.22. The number of hydrogen-bond acceptors (Lipinski definition) is 4. The molecule has 3 fully saturated rings. The molecule has 6 heteroatoms. The lowest BCUT2D eigenvalue weighted by Gasteiger charge is -2.22. The van der Waals surface area contributed by atoms with Gasteiger partial charge in [0.15, 0.2) is 6.29 Å². The van der Waals surface area contributed by atoms with Crippen molar-refractivity contribution in [3.05, 3.63) is 48.6 Å². The SMILES string of the molecule is CC(C)C1/C=C/COCOC1.CC(C)C1CC/C=C/CCC1.CC(C)C1CCC#CC(F)(F)CC1.CC(C)C1CCC#CCCC1.CC(C)C1O[C@H]2CC/C=C/CC[C@H]2O1.CC(C)C1[C@H]2CC/C=C/CC[C@@H]12.CC(C)C1[C@H]2CCC#CCC[C@@H]12. The Morgan fingerprint density at radius 2 is 0.833 bits per heavy atom. The van der Waals surface area contributed by atoms with E-state index in [1.807, 2.05) is 5.92 Å². The third-order valence-corrected chi connectivity index (χ3v) is 20.1. The highest BCUT2D eigenvalue weighted by molar-refractivity contribution is 5.11. The molecule has 478 valence electrons. The van der Waals surface area contributed by atoms with Crippen LogP contribution in [0.15, 0.2) is 48.6 Å². The first-order valence-corrected chi connectivity index (χ1v) is 35.2. The van der Waals surface area contributed by atoms with E-state index in [1.54, 1.807) is 0 Å². The van der Waals surface area contributed by atoms with Crippen molar-refractivity contribution >= 4 is 0 Å². The molecule has 84 heavy (non-hydrogen) atoms. The minimum atomic E-state index is -2.74. The highest BCUT2D eigenvalue weighted by atomic mass is 19.3. The van der Waals surface area contributed by atoms with Gasteiger partial charge in [-0.3, -0.25) is 0 Å². The van der Waals surface area contributed by atoms with Crippen molar-refractivity contribution in [2.75, 3.05) is 20.0 Å². The van der Waals surface area contributed by atoms with E-state index in [2.05, 4.69) is 175 Å². The third-order valence-electron chi connectivity index (χ3n) is 20.1. The van der Waals surface area contributed by atoms with Crippen molar-refractivity contribution in [3.8, 4) is 35.5 Å². The summed E-state index contributed by atoms with van der Waals surface area (Å²) >= 11 is 0. The largest absolute Gasteiger partial charge is 0.355 e. The monoisotopic (exact) mass is 1170 g/mol. The number of rotatable bonds is 7. The standard InChI is InChI=1S/C12H20O2.C12H20.C12H18.C11H16F2.C11H20.C11H18.C9H16O2/c1-9(2)12-13-10-7-5-3-4-6-8-11(10)14-12;2*1-9(2)12-10-7-5-3-4-6-8-11(10)12;1-9(2)10-5-3-4-7-11(12,13)8-6-10;2*1-10(2)11-8-6-4-3-5-7-9-11;1-8(2)9-4-3-5-10-7-11-6-9/h3-4,9-12H,5-8H2,1-2H3;3-4,9-12H,5-8H2,1-2H3;9-12H,5-8H2,1-2H3;9-10H,3,5-6,8H2,1-2H3;3-4,10-11H,5-9H2,1-2H3;10-11H,4,6-9H2,1-2H3;3-4,8-9H,5-7H2,1-2H3/b2*4-3+;;;4-3+;;4-3+/t3*10-,11+,12?;;;;. The van der Waals surface area contributed by atoms with E-state index in [9.17, 15) is 8.78 Å². The van der Waals surface area contributed by atoms with Gasteiger partial charge in [-0.05, 0) is 223 Å². The predicted molar refractivity (Wildman–Crippen MR) is 354 cm³/mol. The van der Waals surface area contributed by atoms with E-state index in [1.165, 1.54) is 89.9 Å². The van der Waals surface area contributed by atoms with Crippen LogP contribution in [0.1, 0.15) is 264 Å². The fourth-order valence-corrected chi connectivity index (χ4v) is 14.5. The molecule has 1 saturated heterocycles. The molecule has 0 N–H and O–H groups in total. The molecular formula is C78H128F2O4. The molecule has 0 amide bonds. The van der Waals surface area contributed by atoms with Crippen molar-refractivity contribution in [1.29, 1.82) is 0 Å². The second-order valence-corrected chi connectivity index (χ2v) is 29.0. The van der Waals surface area contributed by atoms with Crippen LogP contribution < -0.4 is 0 Å². The number of allylic oxidation sites excluding steroid dienone is 6. The van der Waals surface area contributed by atoms with Crippen LogP contribution >= 0.6 is 0 Å². The fourth-order valence-electron chi connectivity index (χ4n) is 14.5. The van der Waals surface area contributed by atoms with Gasteiger partial charge in [0.2, 0.25) is 0 Å². The van der Waals surface area contributed by atoms with Crippen molar-refractivity contribution in [3.63, 3.8) is 0 Å². The van der Waals surface area contributed by atoms with Crippen LogP contribution in [0.3, 0.4) is 0 Å². The van der Waals surface area contributed by atoms with Gasteiger partial charge in [-0.1, -0.05) is 151 Å². The minimum Gasteiger partial charge on any atom is -0.355 e. The lowest BCUT2D eigenvalue weighted by atomic mass is 9.85. The summed E-state index contributed by atoms with van der Waals surface area (Å²) in [5.74, 6) is 29.2. The summed E-state index contributed by atoms with van der Waals surface area (Å²) < 4.78 is 48.0. The number of fused-ring (bicyclic) bond motifs is 3. The highest BCUT2D eigenvalue weighted by Crippen LogP contribution is 2.57. The lowest BCUT2D eigenvalue weighted by molar-refractivity contribution is -0.0959. The molecule has 2 saturated carbocycles. The molecule has 4 nitrogen and oxygen atoms in total. The summed E-state index contributed by atoms with van der Waals surface area (Å²) in [7, 11) is 0. The van der Waals surface area contributed by atoms with E-state index in [-0.39, 0.29) is 12.7 Å². The zero-order valence-corrected chi connectivity index (χ0v) is 56.6. The summed E-state index contributed by atoms with van der Waals surface area (Å²) in [6.45, 7) is 33.7. The zero-order valence-electron chi connectivity index (χ0n) is 56.6. The van der Waals surface area contributed by atoms with Crippen LogP contribution in [0, 0.1) is 136 Å². The Balaban J connectivity index is 0.000000211. The van der Waals surface area contributed by atoms with Gasteiger partial charge >= 0.3 is 5.92 Å². The smallest absolute Gasteiger partial charge is 0.308 e. The van der Waals surface area contributed by atoms with E-state index in [0.29, 0.717) is 68.0 Å². The number of hydrogen-bond donors (Lipinski definition) is 0. The van der Waals surface area contributed by atoms with E-state index in [0.717, 1.165) is 135 Å². The maximum atomic E-state index is 12.9. The van der Waals surface area contributed by atoms with E-state index < -0.39 is 5.92 Å². The second kappa shape index (κ2) is 41.5. The first-order chi connectivity index (χ1) is 40.3. The van der Waals surface area contributed by atoms with Gasteiger partial charge in [-0.2, -0.15) is 8.78 Å². The summed E-state index contributed by atoms with van der Waals surface area (Å²) in [6, 6.07) is 0. The Morgan fingerprint density at radius 1 is 0.393 bits per heavy atom. The number of ether oxygens (including phenoxy) is 4. The van der Waals surface area contributed by atoms with E-state index in [4.69, 9.17) is 18.9 Å². The minimum absolute atomic E-state index is 0.0306. The molecular weight excluding hydrogens is 1040 g/mol. The van der Waals surface area contributed by atoms with Gasteiger partial charge in [0, 0.05) is 50.4 Å². The Hall–Kier alpha value is -2.66. The normalized spacial score (nSPS) is 33.7. The Kier molecular flexibility index (Phi) is 36.5. The maximum absolute atomic E-state index is 12.9. The molecule has 0 bridgehead atoms. The van der Waals surface area contributed by atoms with Gasteiger partial charge in [0.1, 0.15) is 6.79 Å². The molecule has 2 aliphatic heterocycles. The quantitative estimate of drug-likeness (QED) is 0.188. The van der Waals surface area contributed by atoms with Gasteiger partial charge in [-0.15, -0.1) is 23.7 Å². The van der Waals surface area contributed by atoms with Crippen molar-refractivity contribution in [2.24, 2.45) is 101 Å². The van der Waals surface area contributed by atoms with Crippen LogP contribution in [-0.2, 0) is 18.9 Å². The van der Waals surface area contributed by atoms with Gasteiger partial charge < -0.3 is 18.9 Å². The second-order valence-electron chi connectivity index (χ2n) is 29.0. The Bertz CT molecular complexity index is 2000. The zero-order chi connectivity index (χ0) is 61.3. The average Bonchev–Trinajstić information content (AvgIpc) is 3.59. The van der Waals surface area contributed by atoms with Crippen molar-refractivity contribution < 1.29 is 27.7 Å². The molecule has 0 aromatic carbocycles. The molecule has 10 rings (SSSR count). The van der Waals surface area contributed by atoms with Crippen molar-refractivity contribution in [2.45, 2.75) is 288 Å². The van der Waals surface area contributed by atoms with Crippen LogP contribution in [-0.4, -0.2) is 44.4 Å². The molecule has 0 spiro atoms. The predicted octanol–water partition coefficient (Wildman–Crippen LogP) is 21.9. The molecule has 0 aromatic heterocycles. The van der Waals surface area contributed by atoms with E-state index >= 15 is 0 Å². The molecule has 13 atom stereocenters. The Morgan fingerprint density at radius 3 is 1.35 bits per heavy atom. The molecule has 0 aromatic rings. The summed E-state index contributed by atoms with van der Waals surface area (Å²) in [5.41, 5.74) is 0. The Labute approximate surface area is 518 Å². The first kappa shape index (κ1) is 73.8. The molecule has 7 unspecified atom stereocenters. The first-order valence-electron chi connectivity index (χ1n) is 35.2. The van der Waals surface area contributed by atoms with Crippen LogP contribution in [0.2, 0.25) is 0 Å². The molecule has 2 heterocycles. The van der Waals surface area contributed by atoms with Crippen molar-refractivity contribution in [1.82, 2.24) is 0 Å². The topological polar surface area (TPSA) is 36.9 Å². The summed E-state index contributed by atoms with van der Waals surface area (Å²) in [6.07, 6.45) is 49.4. The summed E-state index contributed by atoms with van der Waals surface area (Å²) in [4.78, 5) is 0. The van der Waals surface area contributed by atoms with Crippen LogP contribution in [0.25, 0.3) is 0 Å². The number of halogens is 2. The van der Waals surface area contributed by atoms with Gasteiger partial charge in [0.25, 0.3) is 0 Å². The summed E-state index contributed by atoms with van der Waals surface area (Å²) in [5, 5.41) is 0. The molecule has 8 aliphatic carbocycles. The van der Waals surface area contributed by atoms with Crippen LogP contribution in [0.4, 0.5) is 8.78 Å². The van der Waals surface area contributed by atoms with Gasteiger partial charge in [-0.25, -0.2) is 0 Å². The number of alkyl halides is 2.